The third-order valence-electron chi connectivity index (χ3n) is 4.49. The first-order chi connectivity index (χ1) is 8.84. The average Bonchev–Trinajstić information content (AvgIpc) is 2.25. The van der Waals surface area contributed by atoms with E-state index < -0.39 is 0 Å². The molecule has 1 saturated heterocycles. The molecule has 0 atom stereocenters. The molecule has 1 heterocycles. The summed E-state index contributed by atoms with van der Waals surface area (Å²) in [5.74, 6) is 0.880. The van der Waals surface area contributed by atoms with Crippen molar-refractivity contribution in [2.45, 2.75) is 65.2 Å². The second kappa shape index (κ2) is 6.11. The van der Waals surface area contributed by atoms with E-state index in [1.165, 1.54) is 45.6 Å². The molecule has 0 aromatic rings. The maximum absolute atomic E-state index is 5.84. The van der Waals surface area contributed by atoms with Crippen LogP contribution in [0.1, 0.15) is 47.5 Å². The third kappa shape index (κ3) is 4.44. The monoisotopic (exact) mass is 268 g/mol. The first-order valence-electron chi connectivity index (χ1n) is 7.97. The van der Waals surface area contributed by atoms with Gasteiger partial charge in [-0.3, -0.25) is 4.90 Å². The lowest BCUT2D eigenvalue weighted by molar-refractivity contribution is -0.0709. The first-order valence-corrected chi connectivity index (χ1v) is 7.97. The van der Waals surface area contributed by atoms with E-state index in [1.54, 1.807) is 0 Å². The van der Waals surface area contributed by atoms with E-state index in [9.17, 15) is 0 Å². The van der Waals surface area contributed by atoms with Crippen LogP contribution < -0.4 is 0 Å². The third-order valence-corrected chi connectivity index (χ3v) is 4.49. The van der Waals surface area contributed by atoms with Crippen molar-refractivity contribution in [1.82, 2.24) is 9.80 Å². The van der Waals surface area contributed by atoms with Gasteiger partial charge in [-0.2, -0.15) is 0 Å². The van der Waals surface area contributed by atoms with E-state index in [4.69, 9.17) is 4.74 Å². The second-order valence-corrected chi connectivity index (χ2v) is 7.60. The van der Waals surface area contributed by atoms with E-state index in [-0.39, 0.29) is 0 Å². The molecule has 2 aliphatic rings. The van der Waals surface area contributed by atoms with Crippen molar-refractivity contribution in [2.75, 3.05) is 32.7 Å². The molecule has 0 amide bonds. The Labute approximate surface area is 119 Å². The maximum Gasteiger partial charge on any atom is 0.0584 e. The van der Waals surface area contributed by atoms with Crippen molar-refractivity contribution < 1.29 is 4.74 Å². The molecular formula is C16H32N2O. The predicted octanol–water partition coefficient (Wildman–Crippen LogP) is 2.61. The van der Waals surface area contributed by atoms with Crippen molar-refractivity contribution >= 4 is 0 Å². The molecule has 1 aliphatic carbocycles. The largest absolute Gasteiger partial charge is 0.376 e. The molecule has 0 spiro atoms. The van der Waals surface area contributed by atoms with Crippen molar-refractivity contribution in [3.63, 3.8) is 0 Å². The highest BCUT2D eigenvalue weighted by Gasteiger charge is 2.33. The average molecular weight is 268 g/mol. The minimum atomic E-state index is 0.332. The SMILES string of the molecule is CC(C)O[C@H]1C[C@H](CN2CCN(C(C)(C)C)CC2)C1. The summed E-state index contributed by atoms with van der Waals surface area (Å²) in [4.78, 5) is 5.26. The summed E-state index contributed by atoms with van der Waals surface area (Å²) in [7, 11) is 0. The smallest absolute Gasteiger partial charge is 0.0584 e. The van der Waals surface area contributed by atoms with Crippen LogP contribution in [0, 0.1) is 5.92 Å². The summed E-state index contributed by atoms with van der Waals surface area (Å²) >= 11 is 0. The highest BCUT2D eigenvalue weighted by molar-refractivity contribution is 4.86. The molecule has 1 saturated carbocycles. The Morgan fingerprint density at radius 1 is 1.05 bits per heavy atom. The molecule has 0 unspecified atom stereocenters. The minimum Gasteiger partial charge on any atom is -0.376 e. The fourth-order valence-electron chi connectivity index (χ4n) is 3.29. The summed E-state index contributed by atoms with van der Waals surface area (Å²) in [6.45, 7) is 17.5. The lowest BCUT2D eigenvalue weighted by Gasteiger charge is -2.45. The summed E-state index contributed by atoms with van der Waals surface area (Å²) in [6.07, 6.45) is 3.48. The molecule has 3 heteroatoms. The van der Waals surface area contributed by atoms with Gasteiger partial charge in [0, 0.05) is 38.3 Å². The fourth-order valence-corrected chi connectivity index (χ4v) is 3.29. The number of piperazine rings is 1. The first kappa shape index (κ1) is 15.3. The molecule has 3 nitrogen and oxygen atoms in total. The molecule has 0 radical (unpaired) electrons. The van der Waals surface area contributed by atoms with Crippen molar-refractivity contribution in [1.29, 1.82) is 0 Å². The number of rotatable bonds is 4. The molecule has 0 N–H and O–H groups in total. The van der Waals surface area contributed by atoms with Gasteiger partial charge in [0.1, 0.15) is 0 Å². The van der Waals surface area contributed by atoms with E-state index in [0.29, 0.717) is 17.7 Å². The van der Waals surface area contributed by atoms with Crippen molar-refractivity contribution in [3.8, 4) is 0 Å². The number of hydrogen-bond donors (Lipinski definition) is 0. The summed E-state index contributed by atoms with van der Waals surface area (Å²) < 4.78 is 5.84. The van der Waals surface area contributed by atoms with Gasteiger partial charge in [0.2, 0.25) is 0 Å². The second-order valence-electron chi connectivity index (χ2n) is 7.60. The highest BCUT2D eigenvalue weighted by atomic mass is 16.5. The topological polar surface area (TPSA) is 15.7 Å². The van der Waals surface area contributed by atoms with Gasteiger partial charge in [0.25, 0.3) is 0 Å². The molecule has 0 bridgehead atoms. The minimum absolute atomic E-state index is 0.332. The number of ether oxygens (including phenoxy) is 1. The zero-order chi connectivity index (χ0) is 14.0. The Kier molecular flexibility index (Phi) is 4.91. The van der Waals surface area contributed by atoms with Crippen molar-refractivity contribution in [3.05, 3.63) is 0 Å². The van der Waals surface area contributed by atoms with Gasteiger partial charge in [0.05, 0.1) is 12.2 Å². The van der Waals surface area contributed by atoms with Crippen LogP contribution in [-0.2, 0) is 4.74 Å². The quantitative estimate of drug-likeness (QED) is 0.779. The molecule has 0 aromatic heterocycles. The van der Waals surface area contributed by atoms with Gasteiger partial charge in [-0.1, -0.05) is 0 Å². The molecule has 0 aromatic carbocycles. The van der Waals surface area contributed by atoms with Gasteiger partial charge < -0.3 is 9.64 Å². The predicted molar refractivity (Wildman–Crippen MR) is 80.5 cm³/mol. The van der Waals surface area contributed by atoms with Gasteiger partial charge >= 0.3 is 0 Å². The van der Waals surface area contributed by atoms with Gasteiger partial charge in [-0.15, -0.1) is 0 Å². The zero-order valence-corrected chi connectivity index (χ0v) is 13.5. The molecule has 1 aliphatic heterocycles. The molecule has 2 fully saturated rings. The lowest BCUT2D eigenvalue weighted by Crippen LogP contribution is -2.54. The van der Waals surface area contributed by atoms with E-state index in [0.717, 1.165) is 5.92 Å². The van der Waals surface area contributed by atoms with E-state index in [2.05, 4.69) is 44.4 Å². The Balaban J connectivity index is 1.62. The van der Waals surface area contributed by atoms with Crippen LogP contribution in [0.3, 0.4) is 0 Å². The highest BCUT2D eigenvalue weighted by Crippen LogP contribution is 2.32. The summed E-state index contributed by atoms with van der Waals surface area (Å²) in [5.41, 5.74) is 0.332. The molecule has 2 rings (SSSR count). The lowest BCUT2D eigenvalue weighted by atomic mass is 9.81. The van der Waals surface area contributed by atoms with E-state index >= 15 is 0 Å². The fraction of sp³-hybridized carbons (Fsp3) is 1.00. The Morgan fingerprint density at radius 3 is 2.11 bits per heavy atom. The van der Waals surface area contributed by atoms with Crippen LogP contribution in [0.2, 0.25) is 0 Å². The van der Waals surface area contributed by atoms with E-state index in [1.807, 2.05) is 0 Å². The van der Waals surface area contributed by atoms with Gasteiger partial charge in [-0.25, -0.2) is 0 Å². The summed E-state index contributed by atoms with van der Waals surface area (Å²) in [6, 6.07) is 0. The number of nitrogens with zero attached hydrogens (tertiary/aromatic N) is 2. The normalized spacial score (nSPS) is 30.6. The van der Waals surface area contributed by atoms with Crippen LogP contribution in [0.5, 0.6) is 0 Å². The maximum atomic E-state index is 5.84. The van der Waals surface area contributed by atoms with Crippen LogP contribution in [0.4, 0.5) is 0 Å². The standard InChI is InChI=1S/C16H32N2O/c1-13(2)19-15-10-14(11-15)12-17-6-8-18(9-7-17)16(3,4)5/h13-15H,6-12H2,1-5H3/t14-,15-. The molecule has 19 heavy (non-hydrogen) atoms. The zero-order valence-electron chi connectivity index (χ0n) is 13.5. The van der Waals surface area contributed by atoms with Crippen molar-refractivity contribution in [2.24, 2.45) is 5.92 Å². The van der Waals surface area contributed by atoms with Gasteiger partial charge in [-0.05, 0) is 53.4 Å². The Hall–Kier alpha value is -0.120. The number of hydrogen-bond acceptors (Lipinski definition) is 3. The molecular weight excluding hydrogens is 236 g/mol. The van der Waals surface area contributed by atoms with Crippen LogP contribution >= 0.6 is 0 Å². The summed E-state index contributed by atoms with van der Waals surface area (Å²) in [5, 5.41) is 0. The molecule has 112 valence electrons. The van der Waals surface area contributed by atoms with Crippen LogP contribution in [0.15, 0.2) is 0 Å². The van der Waals surface area contributed by atoms with Gasteiger partial charge in [0.15, 0.2) is 0 Å². The Morgan fingerprint density at radius 2 is 1.63 bits per heavy atom. The van der Waals surface area contributed by atoms with Crippen LogP contribution in [0.25, 0.3) is 0 Å². The Bertz CT molecular complexity index is 271. The van der Waals surface area contributed by atoms with Crippen LogP contribution in [-0.4, -0.2) is 60.3 Å².